The maximum atomic E-state index is 12.1. The molecule has 0 saturated carbocycles. The molecule has 4 rings (SSSR count). The maximum Gasteiger partial charge on any atom is 0.312 e. The van der Waals surface area contributed by atoms with E-state index in [-0.39, 0.29) is 18.9 Å². The Bertz CT molecular complexity index is 1090. The summed E-state index contributed by atoms with van der Waals surface area (Å²) < 4.78 is 15.6. The molecule has 146 valence electrons. The average molecular weight is 408 g/mol. The van der Waals surface area contributed by atoms with Crippen molar-refractivity contribution in [2.45, 2.75) is 13.0 Å². The number of hydrogen-bond donors (Lipinski definition) is 0. The minimum Gasteiger partial charge on any atom is -0.497 e. The number of carbonyl (C=O) groups excluding carboxylic acids is 1. The highest BCUT2D eigenvalue weighted by atomic mass is 32.1. The summed E-state index contributed by atoms with van der Waals surface area (Å²) in [6.45, 7) is -0.0737. The van der Waals surface area contributed by atoms with E-state index in [9.17, 15) is 4.79 Å². The van der Waals surface area contributed by atoms with Crippen molar-refractivity contribution in [1.82, 2.24) is 20.1 Å². The summed E-state index contributed by atoms with van der Waals surface area (Å²) in [5.41, 5.74) is 2.16. The van der Waals surface area contributed by atoms with Crippen LogP contribution in [0.4, 0.5) is 0 Å². The van der Waals surface area contributed by atoms with Gasteiger partial charge in [0, 0.05) is 17.1 Å². The summed E-state index contributed by atoms with van der Waals surface area (Å²) in [6.07, 6.45) is 1.77. The third-order valence-electron chi connectivity index (χ3n) is 3.93. The van der Waals surface area contributed by atoms with Crippen LogP contribution in [0.3, 0.4) is 0 Å². The van der Waals surface area contributed by atoms with Crippen LogP contribution in [0, 0.1) is 0 Å². The van der Waals surface area contributed by atoms with E-state index >= 15 is 0 Å². The molecule has 0 aliphatic carbocycles. The minimum atomic E-state index is -0.418. The molecule has 29 heavy (non-hydrogen) atoms. The molecule has 0 amide bonds. The van der Waals surface area contributed by atoms with Crippen molar-refractivity contribution in [1.29, 1.82) is 0 Å². The first-order chi connectivity index (χ1) is 14.2. The van der Waals surface area contributed by atoms with Crippen LogP contribution >= 0.6 is 11.3 Å². The number of aromatic nitrogens is 4. The first-order valence-electron chi connectivity index (χ1n) is 8.70. The highest BCUT2D eigenvalue weighted by Gasteiger charge is 2.14. The molecule has 1 aromatic carbocycles. The number of benzene rings is 1. The third kappa shape index (κ3) is 4.64. The average Bonchev–Trinajstić information content (AvgIpc) is 3.43. The monoisotopic (exact) mass is 408 g/mol. The van der Waals surface area contributed by atoms with Crippen molar-refractivity contribution in [3.05, 3.63) is 65.6 Å². The van der Waals surface area contributed by atoms with Gasteiger partial charge in [0.15, 0.2) is 6.61 Å². The van der Waals surface area contributed by atoms with Gasteiger partial charge < -0.3 is 14.0 Å². The van der Waals surface area contributed by atoms with E-state index in [0.29, 0.717) is 11.6 Å². The molecule has 0 saturated heterocycles. The molecule has 4 aromatic rings. The molecule has 0 aliphatic heterocycles. The van der Waals surface area contributed by atoms with Crippen molar-refractivity contribution in [2.75, 3.05) is 7.11 Å². The molecule has 0 bridgehead atoms. The second-order valence-corrected chi connectivity index (χ2v) is 6.80. The number of thiazole rings is 1. The molecular formula is C20H16N4O4S. The van der Waals surface area contributed by atoms with Gasteiger partial charge in [0.1, 0.15) is 10.8 Å². The van der Waals surface area contributed by atoms with Crippen LogP contribution in [0.25, 0.3) is 22.2 Å². The Hall–Kier alpha value is -3.59. The smallest absolute Gasteiger partial charge is 0.312 e. The topological polar surface area (TPSA) is 100 Å². The first kappa shape index (κ1) is 18.8. The van der Waals surface area contributed by atoms with Gasteiger partial charge in [0.2, 0.25) is 5.82 Å². The normalized spacial score (nSPS) is 10.7. The van der Waals surface area contributed by atoms with Crippen LogP contribution in [-0.2, 0) is 22.6 Å². The Labute approximate surface area is 170 Å². The standard InChI is InChI=1S/C20H16N4O4S/c1-26-15-7-5-13(6-8-15)19-23-17(24-28-19)11-27-18(25)10-14-12-29-20(22-14)16-4-2-3-9-21-16/h2-9,12H,10-11H2,1H3. The Morgan fingerprint density at radius 2 is 2.00 bits per heavy atom. The molecular weight excluding hydrogens is 392 g/mol. The molecule has 3 aromatic heterocycles. The van der Waals surface area contributed by atoms with Crippen molar-refractivity contribution < 1.29 is 18.8 Å². The van der Waals surface area contributed by atoms with Gasteiger partial charge in [-0.3, -0.25) is 9.78 Å². The van der Waals surface area contributed by atoms with Gasteiger partial charge in [-0.2, -0.15) is 4.98 Å². The number of carbonyl (C=O) groups is 1. The van der Waals surface area contributed by atoms with E-state index in [1.165, 1.54) is 11.3 Å². The van der Waals surface area contributed by atoms with Crippen molar-refractivity contribution >= 4 is 17.3 Å². The van der Waals surface area contributed by atoms with Crippen LogP contribution in [-0.4, -0.2) is 33.2 Å². The second-order valence-electron chi connectivity index (χ2n) is 5.94. The van der Waals surface area contributed by atoms with Gasteiger partial charge in [-0.15, -0.1) is 11.3 Å². The highest BCUT2D eigenvalue weighted by Crippen LogP contribution is 2.22. The number of esters is 1. The summed E-state index contributed by atoms with van der Waals surface area (Å²) in [5, 5.41) is 6.42. The van der Waals surface area contributed by atoms with Gasteiger partial charge >= 0.3 is 5.97 Å². The van der Waals surface area contributed by atoms with Crippen LogP contribution in [0.2, 0.25) is 0 Å². The molecule has 0 atom stereocenters. The summed E-state index contributed by atoms with van der Waals surface area (Å²) in [5.74, 6) is 0.948. The number of ether oxygens (including phenoxy) is 2. The molecule has 0 fully saturated rings. The zero-order valence-electron chi connectivity index (χ0n) is 15.4. The van der Waals surface area contributed by atoms with Gasteiger partial charge in [-0.1, -0.05) is 11.2 Å². The van der Waals surface area contributed by atoms with Gasteiger partial charge in [0.05, 0.1) is 24.9 Å². The molecule has 0 N–H and O–H groups in total. The Balaban J connectivity index is 1.32. The minimum absolute atomic E-state index is 0.0620. The van der Waals surface area contributed by atoms with Crippen molar-refractivity contribution in [2.24, 2.45) is 0 Å². The quantitative estimate of drug-likeness (QED) is 0.428. The largest absolute Gasteiger partial charge is 0.497 e. The Kier molecular flexibility index (Phi) is 5.57. The lowest BCUT2D eigenvalue weighted by Crippen LogP contribution is -2.09. The lowest BCUT2D eigenvalue weighted by molar-refractivity contribution is -0.144. The van der Waals surface area contributed by atoms with Gasteiger partial charge in [-0.05, 0) is 36.4 Å². The fourth-order valence-electron chi connectivity index (χ4n) is 2.50. The predicted molar refractivity (Wildman–Crippen MR) is 105 cm³/mol. The molecule has 9 heteroatoms. The number of pyridine rings is 1. The summed E-state index contributed by atoms with van der Waals surface area (Å²) in [6, 6.07) is 12.8. The summed E-state index contributed by atoms with van der Waals surface area (Å²) in [4.78, 5) is 25.0. The third-order valence-corrected chi connectivity index (χ3v) is 4.84. The Morgan fingerprint density at radius 1 is 1.14 bits per heavy atom. The maximum absolute atomic E-state index is 12.1. The fraction of sp³-hybridized carbons (Fsp3) is 0.150. The van der Waals surface area contributed by atoms with Gasteiger partial charge in [-0.25, -0.2) is 4.98 Å². The zero-order chi connectivity index (χ0) is 20.1. The fourth-order valence-corrected chi connectivity index (χ4v) is 3.30. The number of methoxy groups -OCH3 is 1. The zero-order valence-corrected chi connectivity index (χ0v) is 16.3. The van der Waals surface area contributed by atoms with Crippen LogP contribution in [0.1, 0.15) is 11.5 Å². The van der Waals surface area contributed by atoms with Crippen LogP contribution < -0.4 is 4.74 Å². The lowest BCUT2D eigenvalue weighted by Gasteiger charge is -2.00. The lowest BCUT2D eigenvalue weighted by atomic mass is 10.2. The molecule has 0 aliphatic rings. The number of nitrogens with zero attached hydrogens (tertiary/aromatic N) is 4. The molecule has 0 unspecified atom stereocenters. The van der Waals surface area contributed by atoms with E-state index in [1.807, 2.05) is 35.7 Å². The van der Waals surface area contributed by atoms with E-state index < -0.39 is 5.97 Å². The van der Waals surface area contributed by atoms with Crippen LogP contribution in [0.5, 0.6) is 5.75 Å². The highest BCUT2D eigenvalue weighted by molar-refractivity contribution is 7.13. The van der Waals surface area contributed by atoms with E-state index in [4.69, 9.17) is 14.0 Å². The van der Waals surface area contributed by atoms with E-state index in [0.717, 1.165) is 22.0 Å². The second kappa shape index (κ2) is 8.61. The van der Waals surface area contributed by atoms with Crippen molar-refractivity contribution in [3.8, 4) is 27.9 Å². The van der Waals surface area contributed by atoms with E-state index in [2.05, 4.69) is 20.1 Å². The van der Waals surface area contributed by atoms with Crippen LogP contribution in [0.15, 0.2) is 58.6 Å². The predicted octanol–water partition coefficient (Wildman–Crippen LogP) is 3.55. The summed E-state index contributed by atoms with van der Waals surface area (Å²) >= 11 is 1.43. The molecule has 8 nitrogen and oxygen atoms in total. The van der Waals surface area contributed by atoms with E-state index in [1.54, 1.807) is 25.4 Å². The van der Waals surface area contributed by atoms with Gasteiger partial charge in [0.25, 0.3) is 5.89 Å². The first-order valence-corrected chi connectivity index (χ1v) is 9.57. The molecule has 0 radical (unpaired) electrons. The number of rotatable bonds is 7. The molecule has 3 heterocycles. The SMILES string of the molecule is COc1ccc(-c2nc(COC(=O)Cc3csc(-c4ccccn4)n3)no2)cc1. The van der Waals surface area contributed by atoms with Crippen molar-refractivity contribution in [3.63, 3.8) is 0 Å². The molecule has 0 spiro atoms. The Morgan fingerprint density at radius 3 is 2.76 bits per heavy atom. The number of hydrogen-bond acceptors (Lipinski definition) is 9. The summed E-state index contributed by atoms with van der Waals surface area (Å²) in [7, 11) is 1.60.